The lowest BCUT2D eigenvalue weighted by Gasteiger charge is -2.30. The van der Waals surface area contributed by atoms with Crippen molar-refractivity contribution in [2.75, 3.05) is 0 Å². The van der Waals surface area contributed by atoms with Crippen molar-refractivity contribution in [1.29, 1.82) is 0 Å². The van der Waals surface area contributed by atoms with Crippen molar-refractivity contribution in [2.45, 2.75) is 65.7 Å². The molecule has 16 heavy (non-hydrogen) atoms. The van der Waals surface area contributed by atoms with Crippen LogP contribution >= 0.6 is 0 Å². The monoisotopic (exact) mass is 222 g/mol. The quantitative estimate of drug-likeness (QED) is 0.674. The van der Waals surface area contributed by atoms with E-state index in [9.17, 15) is 0 Å². The lowest BCUT2D eigenvalue weighted by Crippen LogP contribution is -2.38. The van der Waals surface area contributed by atoms with Crippen LogP contribution in [0.1, 0.15) is 52.9 Å². The molecule has 1 aromatic heterocycles. The molecule has 0 fully saturated rings. The zero-order valence-electron chi connectivity index (χ0n) is 11.2. The van der Waals surface area contributed by atoms with Gasteiger partial charge in [0, 0.05) is 17.5 Å². The van der Waals surface area contributed by atoms with Crippen molar-refractivity contribution in [3.8, 4) is 0 Å². The van der Waals surface area contributed by atoms with Crippen LogP contribution in [0.4, 0.5) is 0 Å². The fourth-order valence-corrected chi connectivity index (χ4v) is 2.03. The molecule has 1 aromatic rings. The molecule has 0 atom stereocenters. The van der Waals surface area contributed by atoms with Crippen LogP contribution < -0.4 is 0 Å². The molecule has 2 rings (SSSR count). The Morgan fingerprint density at radius 2 is 1.69 bits per heavy atom. The molecule has 0 unspecified atom stereocenters. The molecule has 0 aliphatic carbocycles. The highest BCUT2D eigenvalue weighted by atomic mass is 15.5. The van der Waals surface area contributed by atoms with E-state index in [0.717, 1.165) is 18.9 Å². The Bertz CT molecular complexity index is 392. The maximum atomic E-state index is 4.31. The molecule has 0 saturated heterocycles. The van der Waals surface area contributed by atoms with Crippen LogP contribution in [0, 0.1) is 0 Å². The van der Waals surface area contributed by atoms with Gasteiger partial charge in [0.25, 0.3) is 0 Å². The van der Waals surface area contributed by atoms with Crippen LogP contribution in [-0.2, 0) is 18.6 Å². The topological polar surface area (TPSA) is 34.0 Å². The summed E-state index contributed by atoms with van der Waals surface area (Å²) < 4.78 is 2.03. The van der Waals surface area contributed by atoms with Gasteiger partial charge in [-0.15, -0.1) is 5.10 Å². The fourth-order valence-electron chi connectivity index (χ4n) is 2.03. The van der Waals surface area contributed by atoms with Gasteiger partial charge in [0.15, 0.2) is 0 Å². The molecular formula is C12H22N4. The van der Waals surface area contributed by atoms with E-state index in [1.165, 1.54) is 5.69 Å². The Morgan fingerprint density at radius 3 is 2.19 bits per heavy atom. The van der Waals surface area contributed by atoms with Gasteiger partial charge in [0.1, 0.15) is 0 Å². The fraction of sp³-hybridized carbons (Fsp3) is 0.833. The second-order valence-electron chi connectivity index (χ2n) is 6.64. The predicted octanol–water partition coefficient (Wildman–Crippen LogP) is 2.15. The molecule has 0 spiro atoms. The van der Waals surface area contributed by atoms with E-state index in [2.05, 4.69) is 56.8 Å². The standard InChI is InChI=1S/C12H22N4/c1-11(2,3)10-9-7-15(12(4,5)6)8-16(9)14-13-10/h7-8H2,1-6H3. The van der Waals surface area contributed by atoms with Gasteiger partial charge in [-0.05, 0) is 20.8 Å². The van der Waals surface area contributed by atoms with Gasteiger partial charge >= 0.3 is 0 Å². The van der Waals surface area contributed by atoms with Gasteiger partial charge in [-0.25, -0.2) is 4.68 Å². The average molecular weight is 222 g/mol. The van der Waals surface area contributed by atoms with Crippen LogP contribution in [0.15, 0.2) is 0 Å². The third kappa shape index (κ3) is 1.86. The molecule has 0 N–H and O–H groups in total. The molecular weight excluding hydrogens is 200 g/mol. The van der Waals surface area contributed by atoms with Crippen molar-refractivity contribution < 1.29 is 0 Å². The van der Waals surface area contributed by atoms with Crippen molar-refractivity contribution in [3.63, 3.8) is 0 Å². The molecule has 0 saturated carbocycles. The Labute approximate surface area is 97.6 Å². The Hall–Kier alpha value is -0.900. The van der Waals surface area contributed by atoms with E-state index in [-0.39, 0.29) is 11.0 Å². The average Bonchev–Trinajstić information content (AvgIpc) is 2.53. The van der Waals surface area contributed by atoms with Crippen molar-refractivity contribution in [2.24, 2.45) is 0 Å². The Kier molecular flexibility index (Phi) is 2.38. The molecule has 0 bridgehead atoms. The molecule has 0 radical (unpaired) electrons. The van der Waals surface area contributed by atoms with Crippen molar-refractivity contribution >= 4 is 0 Å². The summed E-state index contributed by atoms with van der Waals surface area (Å²) in [7, 11) is 0. The second-order valence-corrected chi connectivity index (χ2v) is 6.64. The maximum absolute atomic E-state index is 4.31. The first kappa shape index (κ1) is 11.6. The SMILES string of the molecule is CC(C)(C)c1nnn2c1CN(C(C)(C)C)C2. The van der Waals surface area contributed by atoms with E-state index in [4.69, 9.17) is 0 Å². The van der Waals surface area contributed by atoms with Crippen molar-refractivity contribution in [1.82, 2.24) is 19.9 Å². The Morgan fingerprint density at radius 1 is 1.06 bits per heavy atom. The Balaban J connectivity index is 2.30. The summed E-state index contributed by atoms with van der Waals surface area (Å²) in [6.07, 6.45) is 0. The highest BCUT2D eigenvalue weighted by Crippen LogP contribution is 2.30. The number of fused-ring (bicyclic) bond motifs is 1. The largest absolute Gasteiger partial charge is 0.273 e. The summed E-state index contributed by atoms with van der Waals surface area (Å²) in [4.78, 5) is 2.42. The van der Waals surface area contributed by atoms with Crippen LogP contribution in [-0.4, -0.2) is 25.4 Å². The summed E-state index contributed by atoms with van der Waals surface area (Å²) in [6.45, 7) is 15.1. The summed E-state index contributed by atoms with van der Waals surface area (Å²) in [5.74, 6) is 0. The van der Waals surface area contributed by atoms with Crippen LogP contribution in [0.5, 0.6) is 0 Å². The molecule has 0 aromatic carbocycles. The van der Waals surface area contributed by atoms with Gasteiger partial charge in [-0.3, -0.25) is 4.90 Å². The van der Waals surface area contributed by atoms with E-state index >= 15 is 0 Å². The van der Waals surface area contributed by atoms with Crippen molar-refractivity contribution in [3.05, 3.63) is 11.4 Å². The van der Waals surface area contributed by atoms with Crippen LogP contribution in [0.25, 0.3) is 0 Å². The lowest BCUT2D eigenvalue weighted by molar-refractivity contribution is 0.114. The molecule has 1 aliphatic rings. The predicted molar refractivity (Wildman–Crippen MR) is 64.0 cm³/mol. The molecule has 90 valence electrons. The van der Waals surface area contributed by atoms with E-state index in [1.807, 2.05) is 4.68 Å². The first-order valence-electron chi connectivity index (χ1n) is 5.87. The number of aromatic nitrogens is 3. The first-order chi connectivity index (χ1) is 7.19. The highest BCUT2D eigenvalue weighted by molar-refractivity contribution is 5.20. The second kappa shape index (κ2) is 3.29. The molecule has 1 aliphatic heterocycles. The third-order valence-corrected chi connectivity index (χ3v) is 3.14. The summed E-state index contributed by atoms with van der Waals surface area (Å²) in [5.41, 5.74) is 2.69. The normalized spacial score (nSPS) is 17.9. The summed E-state index contributed by atoms with van der Waals surface area (Å²) in [6, 6.07) is 0. The number of nitrogens with zero attached hydrogens (tertiary/aromatic N) is 4. The zero-order chi connectivity index (χ0) is 12.1. The first-order valence-corrected chi connectivity index (χ1v) is 5.87. The third-order valence-electron chi connectivity index (χ3n) is 3.14. The van der Waals surface area contributed by atoms with E-state index in [0.29, 0.717) is 0 Å². The molecule has 4 nitrogen and oxygen atoms in total. The lowest BCUT2D eigenvalue weighted by atomic mass is 9.90. The molecule has 0 amide bonds. The highest BCUT2D eigenvalue weighted by Gasteiger charge is 2.34. The number of hydrogen-bond donors (Lipinski definition) is 0. The summed E-state index contributed by atoms with van der Waals surface area (Å²) in [5, 5.41) is 8.56. The van der Waals surface area contributed by atoms with E-state index in [1.54, 1.807) is 0 Å². The number of rotatable bonds is 0. The van der Waals surface area contributed by atoms with Gasteiger partial charge in [-0.2, -0.15) is 0 Å². The van der Waals surface area contributed by atoms with Crippen LogP contribution in [0.2, 0.25) is 0 Å². The summed E-state index contributed by atoms with van der Waals surface area (Å²) >= 11 is 0. The van der Waals surface area contributed by atoms with E-state index < -0.39 is 0 Å². The number of hydrogen-bond acceptors (Lipinski definition) is 3. The van der Waals surface area contributed by atoms with Gasteiger partial charge in [0.2, 0.25) is 0 Å². The minimum atomic E-state index is 0.0848. The molecule has 4 heteroatoms. The minimum Gasteiger partial charge on any atom is -0.273 e. The van der Waals surface area contributed by atoms with Crippen LogP contribution in [0.3, 0.4) is 0 Å². The molecule has 2 heterocycles. The van der Waals surface area contributed by atoms with Gasteiger partial charge < -0.3 is 0 Å². The van der Waals surface area contributed by atoms with Gasteiger partial charge in [0.05, 0.1) is 18.1 Å². The maximum Gasteiger partial charge on any atom is 0.0958 e. The zero-order valence-corrected chi connectivity index (χ0v) is 11.2. The van der Waals surface area contributed by atoms with Gasteiger partial charge in [-0.1, -0.05) is 26.0 Å². The minimum absolute atomic E-state index is 0.0848. The smallest absolute Gasteiger partial charge is 0.0958 e.